The number of nitrogens with zero attached hydrogens (tertiary/aromatic N) is 4. The van der Waals surface area contributed by atoms with Gasteiger partial charge < -0.3 is 26.0 Å². The third-order valence-electron chi connectivity index (χ3n) is 4.56. The Labute approximate surface area is 206 Å². The van der Waals surface area contributed by atoms with Crippen LogP contribution in [0.3, 0.4) is 0 Å². The van der Waals surface area contributed by atoms with Crippen molar-refractivity contribution in [3.05, 3.63) is 66.1 Å². The van der Waals surface area contributed by atoms with E-state index in [1.807, 2.05) is 0 Å². The molecule has 0 bridgehead atoms. The normalized spacial score (nSPS) is 10.9. The summed E-state index contributed by atoms with van der Waals surface area (Å²) in [4.78, 5) is 34.6. The smallest absolute Gasteiger partial charge is 0.420 e. The molecule has 1 aromatic carbocycles. The first-order valence-corrected chi connectivity index (χ1v) is 10.4. The van der Waals surface area contributed by atoms with E-state index in [4.69, 9.17) is 4.74 Å². The molecule has 0 fully saturated rings. The Morgan fingerprint density at radius 3 is 2.49 bits per heavy atom. The van der Waals surface area contributed by atoms with E-state index in [2.05, 4.69) is 46.4 Å². The largest absolute Gasteiger partial charge is 0.424 e. The average Bonchev–Trinajstić information content (AvgIpc) is 3.26. The van der Waals surface area contributed by atoms with E-state index < -0.39 is 23.5 Å². The maximum Gasteiger partial charge on any atom is 0.420 e. The fourth-order valence-electron chi connectivity index (χ4n) is 3.05. The number of aryl methyl sites for hydroxylation is 1. The van der Waals surface area contributed by atoms with Gasteiger partial charge in [0, 0.05) is 41.6 Å². The van der Waals surface area contributed by atoms with E-state index in [0.29, 0.717) is 23.6 Å². The predicted molar refractivity (Wildman–Crippen MR) is 127 cm³/mol. The number of pyridine rings is 1. The van der Waals surface area contributed by atoms with Crippen LogP contribution < -0.4 is 26.0 Å². The van der Waals surface area contributed by atoms with Gasteiger partial charge >= 0.3 is 18.2 Å². The van der Waals surface area contributed by atoms with Crippen LogP contribution in [0.25, 0.3) is 0 Å². The highest BCUT2D eigenvalue weighted by molar-refractivity contribution is 5.99. The Morgan fingerprint density at radius 1 is 1.00 bits per heavy atom. The zero-order chi connectivity index (χ0) is 26.4. The molecule has 4 rings (SSSR count). The molecule has 0 spiro atoms. The summed E-state index contributed by atoms with van der Waals surface area (Å²) in [5, 5.41) is 16.5. The number of carbonyl (C=O) groups excluding carboxylic acids is 2. The van der Waals surface area contributed by atoms with Crippen molar-refractivity contribution in [1.29, 1.82) is 0 Å². The summed E-state index contributed by atoms with van der Waals surface area (Å²) in [6.45, 7) is 1.60. The van der Waals surface area contributed by atoms with Crippen molar-refractivity contribution < 1.29 is 27.5 Å². The first kappa shape index (κ1) is 24.9. The van der Waals surface area contributed by atoms with E-state index in [1.54, 1.807) is 6.92 Å². The van der Waals surface area contributed by atoms with Gasteiger partial charge in [-0.3, -0.25) is 14.9 Å². The third-order valence-corrected chi connectivity index (χ3v) is 4.56. The second-order valence-electron chi connectivity index (χ2n) is 7.36. The standard InChI is InChI=1S/C22H18F3N9O3/c1-12-8-18(31-19-10-17(27-11-35)33-34-19)32-21(28-12)37-16-3-2-14(9-15(16)22(23,24)25)30-20(36)29-13-4-6-26-7-5-13/h2-11H,1H3,(H2,26,29,30,36)(H3,27,28,31,32,33,34,35). The minimum Gasteiger partial charge on any atom is -0.424 e. The number of aromatic nitrogens is 5. The van der Waals surface area contributed by atoms with Crippen LogP contribution in [0.4, 0.5) is 46.8 Å². The maximum absolute atomic E-state index is 13.8. The molecule has 0 radical (unpaired) electrons. The maximum atomic E-state index is 13.8. The number of urea groups is 1. The molecule has 0 unspecified atom stereocenters. The molecule has 37 heavy (non-hydrogen) atoms. The molecule has 0 saturated heterocycles. The van der Waals surface area contributed by atoms with Gasteiger partial charge in [-0.25, -0.2) is 9.78 Å². The topological polar surface area (TPSA) is 159 Å². The Bertz CT molecular complexity index is 1410. The summed E-state index contributed by atoms with van der Waals surface area (Å²) in [6.07, 6.45) is -1.45. The highest BCUT2D eigenvalue weighted by Gasteiger charge is 2.35. The molecule has 12 nitrogen and oxygen atoms in total. The average molecular weight is 513 g/mol. The van der Waals surface area contributed by atoms with Crippen LogP contribution in [-0.2, 0) is 11.0 Å². The predicted octanol–water partition coefficient (Wildman–Crippen LogP) is 4.67. The van der Waals surface area contributed by atoms with Gasteiger partial charge in [-0.15, -0.1) is 0 Å². The summed E-state index contributed by atoms with van der Waals surface area (Å²) < 4.78 is 46.8. The van der Waals surface area contributed by atoms with Gasteiger partial charge in [0.1, 0.15) is 22.9 Å². The second-order valence-corrected chi connectivity index (χ2v) is 7.36. The number of anilines is 5. The number of hydrogen-bond acceptors (Lipinski definition) is 8. The van der Waals surface area contributed by atoms with Crippen LogP contribution in [-0.4, -0.2) is 37.6 Å². The van der Waals surface area contributed by atoms with Crippen molar-refractivity contribution in [2.45, 2.75) is 13.1 Å². The Balaban J connectivity index is 1.53. The van der Waals surface area contributed by atoms with Crippen LogP contribution >= 0.6 is 0 Å². The molecule has 3 heterocycles. The van der Waals surface area contributed by atoms with Crippen molar-refractivity contribution in [2.24, 2.45) is 0 Å². The van der Waals surface area contributed by atoms with Gasteiger partial charge in [-0.1, -0.05) is 0 Å². The number of rotatable bonds is 8. The number of ether oxygens (including phenoxy) is 1. The number of benzene rings is 1. The zero-order valence-corrected chi connectivity index (χ0v) is 18.9. The number of hydrogen-bond donors (Lipinski definition) is 5. The molecule has 0 aliphatic carbocycles. The highest BCUT2D eigenvalue weighted by atomic mass is 19.4. The molecule has 0 saturated carbocycles. The molecule has 4 aromatic rings. The van der Waals surface area contributed by atoms with Gasteiger partial charge in [0.2, 0.25) is 6.41 Å². The van der Waals surface area contributed by atoms with Crippen molar-refractivity contribution in [3.8, 4) is 11.8 Å². The molecule has 0 atom stereocenters. The molecule has 190 valence electrons. The molecule has 3 amide bonds. The molecular weight excluding hydrogens is 495 g/mol. The Hall–Kier alpha value is -5.21. The second kappa shape index (κ2) is 10.6. The molecule has 5 N–H and O–H groups in total. The third kappa shape index (κ3) is 6.68. The minimum atomic E-state index is -4.81. The molecule has 0 aliphatic heterocycles. The number of amides is 3. The van der Waals surface area contributed by atoms with Crippen LogP contribution in [0.2, 0.25) is 0 Å². The minimum absolute atomic E-state index is 0.113. The quantitative estimate of drug-likeness (QED) is 0.213. The van der Waals surface area contributed by atoms with Crippen molar-refractivity contribution in [3.63, 3.8) is 0 Å². The summed E-state index contributed by atoms with van der Waals surface area (Å²) in [5.74, 6) is 0.231. The number of aromatic amines is 1. The van der Waals surface area contributed by atoms with E-state index in [1.165, 1.54) is 42.7 Å². The van der Waals surface area contributed by atoms with Gasteiger partial charge in [0.25, 0.3) is 0 Å². The van der Waals surface area contributed by atoms with E-state index in [9.17, 15) is 22.8 Å². The number of halogens is 3. The van der Waals surface area contributed by atoms with E-state index in [-0.39, 0.29) is 23.3 Å². The van der Waals surface area contributed by atoms with Crippen LogP contribution in [0, 0.1) is 6.92 Å². The van der Waals surface area contributed by atoms with Gasteiger partial charge in [0.15, 0.2) is 5.82 Å². The first-order chi connectivity index (χ1) is 17.7. The lowest BCUT2D eigenvalue weighted by Crippen LogP contribution is -2.20. The summed E-state index contributed by atoms with van der Waals surface area (Å²) in [5.41, 5.74) is -0.446. The number of H-pyrrole nitrogens is 1. The number of nitrogens with one attached hydrogen (secondary N) is 5. The molecule has 0 aliphatic rings. The van der Waals surface area contributed by atoms with E-state index in [0.717, 1.165) is 12.1 Å². The SMILES string of the molecule is Cc1cc(Nc2cc(NC=O)n[nH]2)nc(Oc2ccc(NC(=O)Nc3ccncc3)cc2C(F)(F)F)n1. The Morgan fingerprint density at radius 2 is 1.76 bits per heavy atom. The fraction of sp³-hybridized carbons (Fsp3) is 0.0909. The van der Waals surface area contributed by atoms with Crippen LogP contribution in [0.15, 0.2) is 54.9 Å². The Kier molecular flexibility index (Phi) is 7.13. The molecule has 15 heteroatoms. The van der Waals surface area contributed by atoms with Gasteiger partial charge in [0.05, 0.1) is 0 Å². The molecular formula is C22H18F3N9O3. The summed E-state index contributed by atoms with van der Waals surface area (Å²) in [7, 11) is 0. The van der Waals surface area contributed by atoms with Crippen LogP contribution in [0.1, 0.15) is 11.3 Å². The lowest BCUT2D eigenvalue weighted by molar-refractivity contribution is -0.138. The first-order valence-electron chi connectivity index (χ1n) is 10.4. The van der Waals surface area contributed by atoms with Crippen LogP contribution in [0.5, 0.6) is 11.8 Å². The van der Waals surface area contributed by atoms with E-state index >= 15 is 0 Å². The number of alkyl halides is 3. The van der Waals surface area contributed by atoms with Crippen molar-refractivity contribution in [2.75, 3.05) is 21.3 Å². The fourth-order valence-corrected chi connectivity index (χ4v) is 3.05. The highest BCUT2D eigenvalue weighted by Crippen LogP contribution is 2.39. The molecule has 3 aromatic heterocycles. The number of carbonyl (C=O) groups is 2. The van der Waals surface area contributed by atoms with Crippen molar-refractivity contribution >= 4 is 41.3 Å². The zero-order valence-electron chi connectivity index (χ0n) is 18.9. The summed E-state index contributed by atoms with van der Waals surface area (Å²) >= 11 is 0. The van der Waals surface area contributed by atoms with Gasteiger partial charge in [-0.05, 0) is 37.3 Å². The monoisotopic (exact) mass is 513 g/mol. The van der Waals surface area contributed by atoms with Gasteiger partial charge in [-0.2, -0.15) is 23.3 Å². The lowest BCUT2D eigenvalue weighted by atomic mass is 10.1. The summed E-state index contributed by atoms with van der Waals surface area (Å²) in [6, 6.07) is 8.00. The lowest BCUT2D eigenvalue weighted by Gasteiger charge is -2.15. The van der Waals surface area contributed by atoms with Crippen molar-refractivity contribution in [1.82, 2.24) is 25.1 Å².